The standard InChI is InChI=1S/C24H18F5N5O3S/c25-17-7-6-15(9-14(17)12-30)34-20(11-22(33-34)24(27,28)29)23(35)32-19-8-5-13(10-18(19)26)16-3-1-2-4-21(16)38(31,36)37/h1-11H,12,30H2,(H,32,35)(H2,31,36,37). The third kappa shape index (κ3) is 5.41. The lowest BCUT2D eigenvalue weighted by molar-refractivity contribution is -0.141. The maximum absolute atomic E-state index is 14.9. The van der Waals surface area contributed by atoms with Crippen molar-refractivity contribution >= 4 is 21.6 Å². The van der Waals surface area contributed by atoms with E-state index >= 15 is 0 Å². The molecule has 1 aromatic heterocycles. The highest BCUT2D eigenvalue weighted by atomic mass is 32.2. The van der Waals surface area contributed by atoms with E-state index in [4.69, 9.17) is 10.9 Å². The molecule has 198 valence electrons. The minimum Gasteiger partial charge on any atom is -0.326 e. The number of hydrogen-bond donors (Lipinski definition) is 3. The van der Waals surface area contributed by atoms with Gasteiger partial charge in [0.1, 0.15) is 17.3 Å². The van der Waals surface area contributed by atoms with E-state index in [1.807, 2.05) is 0 Å². The van der Waals surface area contributed by atoms with Crippen molar-refractivity contribution in [2.75, 3.05) is 5.32 Å². The number of primary sulfonamides is 1. The van der Waals surface area contributed by atoms with Crippen LogP contribution in [0, 0.1) is 11.6 Å². The molecule has 0 spiro atoms. The van der Waals surface area contributed by atoms with Crippen LogP contribution in [0.3, 0.4) is 0 Å². The molecule has 4 aromatic rings. The Labute approximate surface area is 212 Å². The molecule has 0 saturated carbocycles. The number of aromatic nitrogens is 2. The van der Waals surface area contributed by atoms with Crippen molar-refractivity contribution in [3.63, 3.8) is 0 Å². The van der Waals surface area contributed by atoms with Gasteiger partial charge >= 0.3 is 6.18 Å². The van der Waals surface area contributed by atoms with E-state index in [1.165, 1.54) is 30.3 Å². The highest BCUT2D eigenvalue weighted by Gasteiger charge is 2.36. The lowest BCUT2D eigenvalue weighted by Gasteiger charge is -2.12. The van der Waals surface area contributed by atoms with E-state index in [1.54, 1.807) is 0 Å². The average molecular weight is 551 g/mol. The molecular formula is C24H18F5N5O3S. The van der Waals surface area contributed by atoms with Crippen molar-refractivity contribution in [2.45, 2.75) is 17.6 Å². The minimum atomic E-state index is -4.92. The van der Waals surface area contributed by atoms with Gasteiger partial charge in [0.25, 0.3) is 5.91 Å². The number of hydrogen-bond acceptors (Lipinski definition) is 5. The van der Waals surface area contributed by atoms with Crippen molar-refractivity contribution in [1.29, 1.82) is 0 Å². The number of nitrogens with zero attached hydrogens (tertiary/aromatic N) is 2. The van der Waals surface area contributed by atoms with Crippen LogP contribution in [-0.4, -0.2) is 24.1 Å². The minimum absolute atomic E-state index is 0.0284. The summed E-state index contributed by atoms with van der Waals surface area (Å²) >= 11 is 0. The van der Waals surface area contributed by atoms with Crippen LogP contribution in [0.4, 0.5) is 27.6 Å². The van der Waals surface area contributed by atoms with Gasteiger partial charge in [0.2, 0.25) is 10.0 Å². The van der Waals surface area contributed by atoms with Crippen LogP contribution < -0.4 is 16.2 Å². The van der Waals surface area contributed by atoms with Crippen molar-refractivity contribution < 1.29 is 35.2 Å². The molecule has 0 aliphatic heterocycles. The van der Waals surface area contributed by atoms with Crippen molar-refractivity contribution in [3.05, 3.63) is 95.3 Å². The normalized spacial score (nSPS) is 12.0. The van der Waals surface area contributed by atoms with Gasteiger partial charge in [0, 0.05) is 23.7 Å². The van der Waals surface area contributed by atoms with Gasteiger partial charge in [-0.15, -0.1) is 0 Å². The SMILES string of the molecule is NCc1cc(-n2nc(C(F)(F)F)cc2C(=O)Nc2ccc(-c3ccccc3S(N)(=O)=O)cc2F)ccc1F. The topological polar surface area (TPSA) is 133 Å². The second-order valence-electron chi connectivity index (χ2n) is 7.99. The molecule has 8 nitrogen and oxygen atoms in total. The third-order valence-corrected chi connectivity index (χ3v) is 6.42. The van der Waals surface area contributed by atoms with Gasteiger partial charge in [-0.05, 0) is 42.0 Å². The molecule has 0 fully saturated rings. The first-order valence-corrected chi connectivity index (χ1v) is 12.2. The number of carbonyl (C=O) groups is 1. The van der Waals surface area contributed by atoms with Crippen LogP contribution in [0.5, 0.6) is 0 Å². The zero-order chi connectivity index (χ0) is 27.8. The second-order valence-corrected chi connectivity index (χ2v) is 9.52. The predicted octanol–water partition coefficient (Wildman–Crippen LogP) is 4.19. The first-order valence-electron chi connectivity index (χ1n) is 10.7. The Bertz CT molecular complexity index is 1650. The average Bonchev–Trinajstić information content (AvgIpc) is 3.31. The molecule has 1 heterocycles. The number of amides is 1. The smallest absolute Gasteiger partial charge is 0.326 e. The van der Waals surface area contributed by atoms with E-state index in [0.717, 1.165) is 30.3 Å². The Morgan fingerprint density at radius 3 is 2.32 bits per heavy atom. The Hall–Kier alpha value is -4.14. The van der Waals surface area contributed by atoms with Crippen molar-refractivity contribution in [2.24, 2.45) is 10.9 Å². The molecule has 0 saturated heterocycles. The summed E-state index contributed by atoms with van der Waals surface area (Å²) in [5, 5.41) is 10.8. The summed E-state index contributed by atoms with van der Waals surface area (Å²) in [7, 11) is -4.13. The Kier molecular flexibility index (Phi) is 7.06. The first kappa shape index (κ1) is 26.9. The number of nitrogens with one attached hydrogen (secondary N) is 1. The van der Waals surface area contributed by atoms with Crippen LogP contribution in [-0.2, 0) is 22.7 Å². The van der Waals surface area contributed by atoms with Crippen LogP contribution in [0.15, 0.2) is 71.6 Å². The number of halogens is 5. The number of benzene rings is 3. The fourth-order valence-electron chi connectivity index (χ4n) is 3.65. The lowest BCUT2D eigenvalue weighted by atomic mass is 10.0. The van der Waals surface area contributed by atoms with E-state index in [-0.39, 0.29) is 33.8 Å². The molecule has 5 N–H and O–H groups in total. The molecular weight excluding hydrogens is 533 g/mol. The summed E-state index contributed by atoms with van der Waals surface area (Å²) in [6.07, 6.45) is -4.92. The van der Waals surface area contributed by atoms with Gasteiger partial charge in [0.15, 0.2) is 5.69 Å². The van der Waals surface area contributed by atoms with Crippen LogP contribution in [0.25, 0.3) is 16.8 Å². The molecule has 0 radical (unpaired) electrons. The van der Waals surface area contributed by atoms with Gasteiger partial charge < -0.3 is 11.1 Å². The maximum atomic E-state index is 14.9. The summed E-state index contributed by atoms with van der Waals surface area (Å²) < 4.78 is 93.4. The largest absolute Gasteiger partial charge is 0.435 e. The number of sulfonamides is 1. The van der Waals surface area contributed by atoms with Gasteiger partial charge in [-0.3, -0.25) is 4.79 Å². The van der Waals surface area contributed by atoms with Crippen LogP contribution in [0.2, 0.25) is 0 Å². The Morgan fingerprint density at radius 1 is 0.974 bits per heavy atom. The molecule has 0 unspecified atom stereocenters. The van der Waals surface area contributed by atoms with Crippen molar-refractivity contribution in [1.82, 2.24) is 9.78 Å². The fraction of sp³-hybridized carbons (Fsp3) is 0.0833. The molecule has 14 heteroatoms. The maximum Gasteiger partial charge on any atom is 0.435 e. The number of anilines is 1. The fourth-order valence-corrected chi connectivity index (χ4v) is 4.41. The number of carbonyl (C=O) groups excluding carboxylic acids is 1. The molecule has 3 aromatic carbocycles. The van der Waals surface area contributed by atoms with E-state index in [2.05, 4.69) is 10.4 Å². The lowest BCUT2D eigenvalue weighted by Crippen LogP contribution is -2.18. The monoisotopic (exact) mass is 551 g/mol. The molecule has 4 rings (SSSR count). The number of rotatable bonds is 6. The van der Waals surface area contributed by atoms with Crippen LogP contribution >= 0.6 is 0 Å². The third-order valence-electron chi connectivity index (χ3n) is 5.45. The van der Waals surface area contributed by atoms with Crippen LogP contribution in [0.1, 0.15) is 21.7 Å². The van der Waals surface area contributed by atoms with E-state index in [0.29, 0.717) is 10.7 Å². The Morgan fingerprint density at radius 2 is 1.68 bits per heavy atom. The highest BCUT2D eigenvalue weighted by Crippen LogP contribution is 2.32. The zero-order valence-corrected chi connectivity index (χ0v) is 19.9. The Balaban J connectivity index is 1.72. The first-order chi connectivity index (χ1) is 17.8. The molecule has 0 bridgehead atoms. The van der Waals surface area contributed by atoms with E-state index in [9.17, 15) is 35.2 Å². The summed E-state index contributed by atoms with van der Waals surface area (Å²) in [6, 6.07) is 12.6. The van der Waals surface area contributed by atoms with Gasteiger partial charge in [-0.1, -0.05) is 24.3 Å². The predicted molar refractivity (Wildman–Crippen MR) is 128 cm³/mol. The second kappa shape index (κ2) is 9.96. The quantitative estimate of drug-likeness (QED) is 0.309. The zero-order valence-electron chi connectivity index (χ0n) is 19.1. The van der Waals surface area contributed by atoms with Gasteiger partial charge in [-0.2, -0.15) is 18.3 Å². The molecule has 0 aliphatic carbocycles. The summed E-state index contributed by atoms with van der Waals surface area (Å²) in [5.41, 5.74) is 3.15. The van der Waals surface area contributed by atoms with Crippen molar-refractivity contribution in [3.8, 4) is 16.8 Å². The number of alkyl halides is 3. The molecule has 38 heavy (non-hydrogen) atoms. The summed E-state index contributed by atoms with van der Waals surface area (Å²) in [6.45, 7) is -0.263. The summed E-state index contributed by atoms with van der Waals surface area (Å²) in [4.78, 5) is 12.7. The molecule has 0 atom stereocenters. The van der Waals surface area contributed by atoms with E-state index < -0.39 is 50.8 Å². The van der Waals surface area contributed by atoms with Gasteiger partial charge in [0.05, 0.1) is 16.3 Å². The van der Waals surface area contributed by atoms with Gasteiger partial charge in [-0.25, -0.2) is 27.0 Å². The molecule has 0 aliphatic rings. The molecule has 1 amide bonds. The summed E-state index contributed by atoms with van der Waals surface area (Å²) in [5.74, 6) is -2.85. The highest BCUT2D eigenvalue weighted by molar-refractivity contribution is 7.89. The number of nitrogens with two attached hydrogens (primary N) is 2.